The average molecular weight is 340 g/mol. The Morgan fingerprint density at radius 2 is 1.95 bits per heavy atom. The molecule has 0 amide bonds. The van der Waals surface area contributed by atoms with E-state index in [1.54, 1.807) is 12.1 Å². The van der Waals surface area contributed by atoms with E-state index in [4.69, 9.17) is 4.74 Å². The minimum absolute atomic E-state index is 0.171. The second kappa shape index (κ2) is 7.26. The lowest BCUT2D eigenvalue weighted by Gasteiger charge is -2.14. The normalized spacial score (nSPS) is 11.9. The maximum Gasteiger partial charge on any atom is 0.125 e. The molecular formula is C15H15BrFNO2. The van der Waals surface area contributed by atoms with Gasteiger partial charge in [-0.05, 0) is 42.5 Å². The molecule has 0 aliphatic heterocycles. The second-order valence-electron chi connectivity index (χ2n) is 4.31. The Morgan fingerprint density at radius 3 is 2.65 bits per heavy atom. The van der Waals surface area contributed by atoms with Gasteiger partial charge in [0.25, 0.3) is 0 Å². The SMILES string of the molecule is OC(CNc1cccc(F)c1)COc1ccc(Br)cc1. The van der Waals surface area contributed by atoms with Gasteiger partial charge in [0.2, 0.25) is 0 Å². The van der Waals surface area contributed by atoms with Crippen molar-refractivity contribution in [1.82, 2.24) is 0 Å². The Hall–Kier alpha value is -1.59. The van der Waals surface area contributed by atoms with Crippen LogP contribution in [-0.2, 0) is 0 Å². The molecule has 0 aliphatic carbocycles. The van der Waals surface area contributed by atoms with Crippen LogP contribution in [0.15, 0.2) is 53.0 Å². The summed E-state index contributed by atoms with van der Waals surface area (Å²) in [6.45, 7) is 0.462. The van der Waals surface area contributed by atoms with Crippen LogP contribution in [0, 0.1) is 5.82 Å². The topological polar surface area (TPSA) is 41.5 Å². The van der Waals surface area contributed by atoms with Crippen LogP contribution in [0.25, 0.3) is 0 Å². The Labute approximate surface area is 125 Å². The lowest BCUT2D eigenvalue weighted by Crippen LogP contribution is -2.26. The first-order valence-corrected chi connectivity index (χ1v) is 6.98. The first-order chi connectivity index (χ1) is 9.63. The van der Waals surface area contributed by atoms with Gasteiger partial charge in [-0.15, -0.1) is 0 Å². The Kier molecular flexibility index (Phi) is 5.38. The molecule has 2 aromatic rings. The predicted molar refractivity (Wildman–Crippen MR) is 80.5 cm³/mol. The average Bonchev–Trinajstić information content (AvgIpc) is 2.45. The van der Waals surface area contributed by atoms with E-state index in [9.17, 15) is 9.50 Å². The van der Waals surface area contributed by atoms with E-state index < -0.39 is 6.10 Å². The summed E-state index contributed by atoms with van der Waals surface area (Å²) in [5, 5.41) is 12.8. The van der Waals surface area contributed by atoms with E-state index in [2.05, 4.69) is 21.2 Å². The van der Waals surface area contributed by atoms with E-state index >= 15 is 0 Å². The van der Waals surface area contributed by atoms with E-state index in [0.717, 1.165) is 4.47 Å². The number of aliphatic hydroxyl groups excluding tert-OH is 1. The Bertz CT molecular complexity index is 548. The zero-order valence-corrected chi connectivity index (χ0v) is 12.3. The summed E-state index contributed by atoms with van der Waals surface area (Å²) in [4.78, 5) is 0. The standard InChI is InChI=1S/C15H15BrFNO2/c16-11-4-6-15(7-5-11)20-10-14(19)9-18-13-3-1-2-12(17)8-13/h1-8,14,18-19H,9-10H2. The molecule has 0 saturated heterocycles. The maximum absolute atomic E-state index is 13.0. The highest BCUT2D eigenvalue weighted by Crippen LogP contribution is 2.16. The maximum atomic E-state index is 13.0. The highest BCUT2D eigenvalue weighted by Gasteiger charge is 2.05. The molecule has 3 nitrogen and oxygen atoms in total. The number of nitrogens with one attached hydrogen (secondary N) is 1. The molecule has 2 N–H and O–H groups in total. The number of aliphatic hydroxyl groups is 1. The number of hydrogen-bond donors (Lipinski definition) is 2. The van der Waals surface area contributed by atoms with Crippen LogP contribution in [0.4, 0.5) is 10.1 Å². The minimum Gasteiger partial charge on any atom is -0.491 e. The van der Waals surface area contributed by atoms with Crippen molar-refractivity contribution in [1.29, 1.82) is 0 Å². The molecule has 0 radical (unpaired) electrons. The largest absolute Gasteiger partial charge is 0.491 e. The third kappa shape index (κ3) is 4.83. The van der Waals surface area contributed by atoms with Gasteiger partial charge >= 0.3 is 0 Å². The number of hydrogen-bond acceptors (Lipinski definition) is 3. The number of anilines is 1. The summed E-state index contributed by atoms with van der Waals surface area (Å²) < 4.78 is 19.4. The van der Waals surface area contributed by atoms with E-state index in [-0.39, 0.29) is 12.4 Å². The van der Waals surface area contributed by atoms with E-state index in [1.807, 2.05) is 24.3 Å². The molecule has 1 atom stereocenters. The molecule has 0 aromatic heterocycles. The predicted octanol–water partition coefficient (Wildman–Crippen LogP) is 3.44. The summed E-state index contributed by atoms with van der Waals surface area (Å²) in [5.74, 6) is 0.383. The fourth-order valence-electron chi connectivity index (χ4n) is 1.62. The van der Waals surface area contributed by atoms with Crippen LogP contribution in [0.2, 0.25) is 0 Å². The minimum atomic E-state index is -0.679. The highest BCUT2D eigenvalue weighted by atomic mass is 79.9. The Balaban J connectivity index is 1.75. The molecule has 2 aromatic carbocycles. The molecule has 0 fully saturated rings. The lowest BCUT2D eigenvalue weighted by atomic mass is 10.3. The van der Waals surface area contributed by atoms with Crippen molar-refractivity contribution in [3.63, 3.8) is 0 Å². The molecule has 0 bridgehead atoms. The van der Waals surface area contributed by atoms with Crippen LogP contribution in [0.5, 0.6) is 5.75 Å². The van der Waals surface area contributed by atoms with Gasteiger partial charge in [0.15, 0.2) is 0 Å². The molecule has 106 valence electrons. The summed E-state index contributed by atoms with van der Waals surface area (Å²) in [6.07, 6.45) is -0.679. The third-order valence-electron chi connectivity index (χ3n) is 2.62. The highest BCUT2D eigenvalue weighted by molar-refractivity contribution is 9.10. The zero-order valence-electron chi connectivity index (χ0n) is 10.7. The van der Waals surface area contributed by atoms with Crippen LogP contribution < -0.4 is 10.1 Å². The first-order valence-electron chi connectivity index (χ1n) is 6.19. The van der Waals surface area contributed by atoms with Crippen LogP contribution in [0.3, 0.4) is 0 Å². The fraction of sp³-hybridized carbons (Fsp3) is 0.200. The molecule has 0 heterocycles. The van der Waals surface area contributed by atoms with Crippen molar-refractivity contribution in [2.75, 3.05) is 18.5 Å². The van der Waals surface area contributed by atoms with Gasteiger partial charge in [-0.25, -0.2) is 4.39 Å². The fourth-order valence-corrected chi connectivity index (χ4v) is 1.88. The third-order valence-corrected chi connectivity index (χ3v) is 3.15. The van der Waals surface area contributed by atoms with Gasteiger partial charge in [-0.2, -0.15) is 0 Å². The Morgan fingerprint density at radius 1 is 1.20 bits per heavy atom. The van der Waals surface area contributed by atoms with Crippen LogP contribution in [0.1, 0.15) is 0 Å². The second-order valence-corrected chi connectivity index (χ2v) is 5.23. The van der Waals surface area contributed by atoms with Crippen molar-refractivity contribution in [3.05, 3.63) is 58.8 Å². The van der Waals surface area contributed by atoms with Crippen molar-refractivity contribution in [2.45, 2.75) is 6.10 Å². The molecule has 0 spiro atoms. The summed E-state index contributed by atoms with van der Waals surface area (Å²) >= 11 is 3.34. The summed E-state index contributed by atoms with van der Waals surface area (Å²) in [5.41, 5.74) is 0.632. The molecule has 5 heteroatoms. The smallest absolute Gasteiger partial charge is 0.125 e. The summed E-state index contributed by atoms with van der Waals surface area (Å²) in [6, 6.07) is 13.5. The van der Waals surface area contributed by atoms with E-state index in [1.165, 1.54) is 12.1 Å². The van der Waals surface area contributed by atoms with Gasteiger partial charge < -0.3 is 15.2 Å². The number of ether oxygens (including phenoxy) is 1. The number of halogens is 2. The molecule has 0 saturated carbocycles. The van der Waals surface area contributed by atoms with Crippen LogP contribution >= 0.6 is 15.9 Å². The quantitative estimate of drug-likeness (QED) is 0.847. The van der Waals surface area contributed by atoms with Crippen molar-refractivity contribution < 1.29 is 14.2 Å². The molecule has 0 aliphatic rings. The first kappa shape index (κ1) is 14.8. The van der Waals surface area contributed by atoms with Gasteiger partial charge in [0.05, 0.1) is 0 Å². The lowest BCUT2D eigenvalue weighted by molar-refractivity contribution is 0.117. The summed E-state index contributed by atoms with van der Waals surface area (Å²) in [7, 11) is 0. The van der Waals surface area contributed by atoms with Crippen molar-refractivity contribution in [2.24, 2.45) is 0 Å². The van der Waals surface area contributed by atoms with E-state index in [0.29, 0.717) is 18.0 Å². The molecule has 2 rings (SSSR count). The number of rotatable bonds is 6. The van der Waals surface area contributed by atoms with Gasteiger partial charge in [-0.1, -0.05) is 22.0 Å². The van der Waals surface area contributed by atoms with Gasteiger partial charge in [-0.3, -0.25) is 0 Å². The molecular weight excluding hydrogens is 325 g/mol. The van der Waals surface area contributed by atoms with Crippen molar-refractivity contribution >= 4 is 21.6 Å². The van der Waals surface area contributed by atoms with Crippen molar-refractivity contribution in [3.8, 4) is 5.75 Å². The number of benzene rings is 2. The van der Waals surface area contributed by atoms with Gasteiger partial charge in [0, 0.05) is 16.7 Å². The zero-order chi connectivity index (χ0) is 14.4. The van der Waals surface area contributed by atoms with Gasteiger partial charge in [0.1, 0.15) is 24.3 Å². The molecule has 20 heavy (non-hydrogen) atoms. The molecule has 1 unspecified atom stereocenters. The monoisotopic (exact) mass is 339 g/mol. The van der Waals surface area contributed by atoms with Crippen LogP contribution in [-0.4, -0.2) is 24.4 Å².